The first-order chi connectivity index (χ1) is 10.1. The number of methoxy groups -OCH3 is 3. The molecule has 0 aliphatic heterocycles. The second-order valence-corrected chi connectivity index (χ2v) is 4.15. The van der Waals surface area contributed by atoms with Crippen molar-refractivity contribution in [3.63, 3.8) is 0 Å². The van der Waals surface area contributed by atoms with Crippen LogP contribution >= 0.6 is 0 Å². The van der Waals surface area contributed by atoms with Gasteiger partial charge in [0.1, 0.15) is 0 Å². The van der Waals surface area contributed by atoms with Gasteiger partial charge in [-0.3, -0.25) is 4.98 Å². The smallest absolute Gasteiger partial charge is 0.335 e. The number of pyridine rings is 1. The average Bonchev–Trinajstić information content (AvgIpc) is 2.53. The summed E-state index contributed by atoms with van der Waals surface area (Å²) in [5.41, 5.74) is 1.34. The van der Waals surface area contributed by atoms with E-state index in [2.05, 4.69) is 4.98 Å². The van der Waals surface area contributed by atoms with E-state index in [1.165, 1.54) is 39.7 Å². The predicted molar refractivity (Wildman–Crippen MR) is 76.3 cm³/mol. The molecule has 2 aromatic rings. The van der Waals surface area contributed by atoms with Crippen LogP contribution in [-0.4, -0.2) is 37.4 Å². The Kier molecular flexibility index (Phi) is 4.27. The summed E-state index contributed by atoms with van der Waals surface area (Å²) in [6.07, 6.45) is 1.45. The summed E-state index contributed by atoms with van der Waals surface area (Å²) < 4.78 is 15.8. The molecule has 0 atom stereocenters. The van der Waals surface area contributed by atoms with Crippen molar-refractivity contribution in [1.29, 1.82) is 0 Å². The van der Waals surface area contributed by atoms with E-state index in [9.17, 15) is 4.79 Å². The van der Waals surface area contributed by atoms with Crippen LogP contribution < -0.4 is 14.2 Å². The van der Waals surface area contributed by atoms with Crippen molar-refractivity contribution >= 4 is 5.97 Å². The Labute approximate surface area is 121 Å². The Morgan fingerprint density at radius 2 is 1.67 bits per heavy atom. The molecule has 1 aromatic carbocycles. The Morgan fingerprint density at radius 3 is 2.14 bits per heavy atom. The minimum Gasteiger partial charge on any atom is -0.493 e. The number of hydrogen-bond acceptors (Lipinski definition) is 5. The highest BCUT2D eigenvalue weighted by atomic mass is 16.5. The lowest BCUT2D eigenvalue weighted by Gasteiger charge is -2.14. The van der Waals surface area contributed by atoms with Crippen molar-refractivity contribution < 1.29 is 24.1 Å². The molecule has 21 heavy (non-hydrogen) atoms. The molecule has 0 bridgehead atoms. The molecule has 2 rings (SSSR count). The summed E-state index contributed by atoms with van der Waals surface area (Å²) in [6, 6.07) is 6.36. The molecule has 0 aliphatic carbocycles. The first kappa shape index (κ1) is 14.6. The van der Waals surface area contributed by atoms with Crippen LogP contribution in [0.3, 0.4) is 0 Å². The fourth-order valence-corrected chi connectivity index (χ4v) is 1.95. The average molecular weight is 289 g/mol. The number of aromatic carboxylic acids is 1. The maximum absolute atomic E-state index is 11.0. The summed E-state index contributed by atoms with van der Waals surface area (Å²) in [7, 11) is 4.55. The van der Waals surface area contributed by atoms with Gasteiger partial charge in [-0.05, 0) is 24.3 Å². The SMILES string of the molecule is COc1cc(-c2cc(C(=O)O)ccn2)cc(OC)c1OC. The van der Waals surface area contributed by atoms with Crippen LogP contribution in [0.4, 0.5) is 0 Å². The van der Waals surface area contributed by atoms with Crippen molar-refractivity contribution in [2.24, 2.45) is 0 Å². The standard InChI is InChI=1S/C15H15NO5/c1-19-12-7-10(8-13(20-2)14(12)21-3)11-6-9(15(17)18)4-5-16-11/h4-8H,1-3H3,(H,17,18). The van der Waals surface area contributed by atoms with E-state index in [1.807, 2.05) is 0 Å². The zero-order valence-electron chi connectivity index (χ0n) is 11.9. The monoisotopic (exact) mass is 289 g/mol. The molecular weight excluding hydrogens is 274 g/mol. The number of carbonyl (C=O) groups is 1. The van der Waals surface area contributed by atoms with Crippen molar-refractivity contribution in [2.75, 3.05) is 21.3 Å². The largest absolute Gasteiger partial charge is 0.493 e. The maximum atomic E-state index is 11.0. The van der Waals surface area contributed by atoms with E-state index < -0.39 is 5.97 Å². The predicted octanol–water partition coefficient (Wildman–Crippen LogP) is 2.47. The first-order valence-corrected chi connectivity index (χ1v) is 6.10. The van der Waals surface area contributed by atoms with Crippen LogP contribution in [0.1, 0.15) is 10.4 Å². The van der Waals surface area contributed by atoms with Crippen LogP contribution in [0.5, 0.6) is 17.2 Å². The molecule has 0 aliphatic rings. The zero-order chi connectivity index (χ0) is 15.4. The van der Waals surface area contributed by atoms with Gasteiger partial charge in [0.15, 0.2) is 11.5 Å². The second-order valence-electron chi connectivity index (χ2n) is 4.15. The van der Waals surface area contributed by atoms with Gasteiger partial charge < -0.3 is 19.3 Å². The van der Waals surface area contributed by atoms with Crippen molar-refractivity contribution in [1.82, 2.24) is 4.98 Å². The van der Waals surface area contributed by atoms with Gasteiger partial charge in [0.25, 0.3) is 0 Å². The molecule has 0 unspecified atom stereocenters. The lowest BCUT2D eigenvalue weighted by Crippen LogP contribution is -1.99. The van der Waals surface area contributed by atoms with Crippen LogP contribution in [0.25, 0.3) is 11.3 Å². The fourth-order valence-electron chi connectivity index (χ4n) is 1.95. The van der Waals surface area contributed by atoms with E-state index in [1.54, 1.807) is 12.1 Å². The Balaban J connectivity index is 2.58. The van der Waals surface area contributed by atoms with Gasteiger partial charge in [0.2, 0.25) is 5.75 Å². The number of hydrogen-bond donors (Lipinski definition) is 1. The molecule has 110 valence electrons. The van der Waals surface area contributed by atoms with Gasteiger partial charge in [-0.1, -0.05) is 0 Å². The van der Waals surface area contributed by atoms with Gasteiger partial charge in [0, 0.05) is 11.8 Å². The summed E-state index contributed by atoms with van der Waals surface area (Å²) in [6.45, 7) is 0. The number of rotatable bonds is 5. The molecular formula is C15H15NO5. The molecule has 0 saturated heterocycles. The van der Waals surface area contributed by atoms with Gasteiger partial charge in [-0.15, -0.1) is 0 Å². The highest BCUT2D eigenvalue weighted by Gasteiger charge is 2.15. The molecule has 0 spiro atoms. The summed E-state index contributed by atoms with van der Waals surface area (Å²) in [5, 5.41) is 9.04. The van der Waals surface area contributed by atoms with Gasteiger partial charge in [-0.25, -0.2) is 4.79 Å². The third kappa shape index (κ3) is 2.89. The van der Waals surface area contributed by atoms with Crippen molar-refractivity contribution in [3.05, 3.63) is 36.0 Å². The van der Waals surface area contributed by atoms with Crippen LogP contribution in [0.15, 0.2) is 30.5 Å². The number of benzene rings is 1. The second kappa shape index (κ2) is 6.13. The topological polar surface area (TPSA) is 77.9 Å². The van der Waals surface area contributed by atoms with Crippen LogP contribution in [0.2, 0.25) is 0 Å². The van der Waals surface area contributed by atoms with Crippen molar-refractivity contribution in [3.8, 4) is 28.5 Å². The Hall–Kier alpha value is -2.76. The van der Waals surface area contributed by atoms with Gasteiger partial charge in [-0.2, -0.15) is 0 Å². The Bertz CT molecular complexity index is 644. The molecule has 1 N–H and O–H groups in total. The fraction of sp³-hybridized carbons (Fsp3) is 0.200. The van der Waals surface area contributed by atoms with E-state index in [0.29, 0.717) is 28.5 Å². The number of ether oxygens (including phenoxy) is 3. The number of aromatic nitrogens is 1. The highest BCUT2D eigenvalue weighted by molar-refractivity contribution is 5.89. The third-order valence-electron chi connectivity index (χ3n) is 2.97. The molecule has 1 aromatic heterocycles. The summed E-state index contributed by atoms with van der Waals surface area (Å²) in [4.78, 5) is 15.2. The summed E-state index contributed by atoms with van der Waals surface area (Å²) in [5.74, 6) is 0.424. The van der Waals surface area contributed by atoms with E-state index in [4.69, 9.17) is 19.3 Å². The third-order valence-corrected chi connectivity index (χ3v) is 2.97. The van der Waals surface area contributed by atoms with Gasteiger partial charge in [0.05, 0.1) is 32.6 Å². The molecule has 6 heteroatoms. The Morgan fingerprint density at radius 1 is 1.05 bits per heavy atom. The quantitative estimate of drug-likeness (QED) is 0.911. The van der Waals surface area contributed by atoms with E-state index in [-0.39, 0.29) is 5.56 Å². The molecule has 0 amide bonds. The number of carboxylic acids is 1. The molecule has 0 fully saturated rings. The summed E-state index contributed by atoms with van der Waals surface area (Å²) >= 11 is 0. The minimum atomic E-state index is -1.01. The van der Waals surface area contributed by atoms with Gasteiger partial charge >= 0.3 is 5.97 Å². The molecule has 1 heterocycles. The minimum absolute atomic E-state index is 0.161. The highest BCUT2D eigenvalue weighted by Crippen LogP contribution is 2.40. The zero-order valence-corrected chi connectivity index (χ0v) is 11.9. The maximum Gasteiger partial charge on any atom is 0.335 e. The van der Waals surface area contributed by atoms with Crippen molar-refractivity contribution in [2.45, 2.75) is 0 Å². The lowest BCUT2D eigenvalue weighted by molar-refractivity contribution is 0.0697. The van der Waals surface area contributed by atoms with Crippen LogP contribution in [0, 0.1) is 0 Å². The number of carboxylic acid groups (broad SMARTS) is 1. The van der Waals surface area contributed by atoms with E-state index >= 15 is 0 Å². The molecule has 0 saturated carbocycles. The normalized spacial score (nSPS) is 10.0. The van der Waals surface area contributed by atoms with E-state index in [0.717, 1.165) is 0 Å². The molecule has 6 nitrogen and oxygen atoms in total. The van der Waals surface area contributed by atoms with Crippen LogP contribution in [-0.2, 0) is 0 Å². The number of nitrogens with zero attached hydrogens (tertiary/aromatic N) is 1. The lowest BCUT2D eigenvalue weighted by atomic mass is 10.1. The molecule has 0 radical (unpaired) electrons. The first-order valence-electron chi connectivity index (χ1n) is 6.10.